The molecule has 0 bridgehead atoms. The number of rotatable bonds is 5. The lowest BCUT2D eigenvalue weighted by atomic mass is 9.74. The molecule has 3 heterocycles. The highest BCUT2D eigenvalue weighted by Crippen LogP contribution is 2.28. The Hall–Kier alpha value is -2.84. The molecule has 0 aliphatic carbocycles. The lowest BCUT2D eigenvalue weighted by molar-refractivity contribution is -0.0933. The van der Waals surface area contributed by atoms with Gasteiger partial charge in [-0.1, -0.05) is 18.2 Å². The van der Waals surface area contributed by atoms with Crippen LogP contribution in [-0.4, -0.2) is 72.3 Å². The van der Waals surface area contributed by atoms with E-state index in [4.69, 9.17) is 4.74 Å². The maximum absolute atomic E-state index is 5.44. The summed E-state index contributed by atoms with van der Waals surface area (Å²) in [6.45, 7) is 8.04. The summed E-state index contributed by atoms with van der Waals surface area (Å²) in [6.07, 6.45) is 1.73. The van der Waals surface area contributed by atoms with Crippen LogP contribution >= 0.6 is 0 Å². The van der Waals surface area contributed by atoms with E-state index in [1.165, 1.54) is 11.3 Å². The molecular formula is C22H27BN6O. The summed E-state index contributed by atoms with van der Waals surface area (Å²) in [5.74, 6) is 0.595. The molecule has 7 nitrogen and oxygen atoms in total. The lowest BCUT2D eigenvalue weighted by Crippen LogP contribution is -2.66. The first-order chi connectivity index (χ1) is 14.6. The van der Waals surface area contributed by atoms with E-state index in [2.05, 4.69) is 58.2 Å². The lowest BCUT2D eigenvalue weighted by Gasteiger charge is -2.51. The number of para-hydroxylation sites is 1. The van der Waals surface area contributed by atoms with Gasteiger partial charge in [0.1, 0.15) is 14.2 Å². The molecule has 2 aliphatic heterocycles. The highest BCUT2D eigenvalue weighted by Gasteiger charge is 2.40. The predicted molar refractivity (Wildman–Crippen MR) is 122 cm³/mol. The van der Waals surface area contributed by atoms with Crippen molar-refractivity contribution in [3.63, 3.8) is 0 Å². The number of ether oxygens (including phenoxy) is 1. The summed E-state index contributed by atoms with van der Waals surface area (Å²) < 4.78 is 7.22. The van der Waals surface area contributed by atoms with Crippen molar-refractivity contribution in [2.45, 2.75) is 12.4 Å². The Kier molecular flexibility index (Phi) is 4.96. The molecule has 1 N–H and O–H groups in total. The van der Waals surface area contributed by atoms with Gasteiger partial charge in [-0.25, -0.2) is 4.68 Å². The molecule has 0 amide bonds. The van der Waals surface area contributed by atoms with Gasteiger partial charge in [0.05, 0.1) is 18.9 Å². The summed E-state index contributed by atoms with van der Waals surface area (Å²) in [6, 6.07) is 16.6. The van der Waals surface area contributed by atoms with Crippen LogP contribution in [0.3, 0.4) is 0 Å². The molecule has 2 saturated heterocycles. The fraction of sp³-hybridized carbons (Fsp3) is 0.364. The van der Waals surface area contributed by atoms with Crippen molar-refractivity contribution >= 4 is 25.2 Å². The van der Waals surface area contributed by atoms with Gasteiger partial charge in [-0.05, 0) is 42.8 Å². The zero-order valence-corrected chi connectivity index (χ0v) is 17.6. The van der Waals surface area contributed by atoms with E-state index in [0.29, 0.717) is 5.95 Å². The third kappa shape index (κ3) is 3.80. The van der Waals surface area contributed by atoms with Gasteiger partial charge < -0.3 is 15.0 Å². The van der Waals surface area contributed by atoms with E-state index >= 15 is 0 Å². The first-order valence-electron chi connectivity index (χ1n) is 10.5. The van der Waals surface area contributed by atoms with Crippen molar-refractivity contribution in [2.24, 2.45) is 0 Å². The number of nitrogens with zero attached hydrogens (tertiary/aromatic N) is 5. The van der Waals surface area contributed by atoms with Gasteiger partial charge in [-0.15, -0.1) is 5.10 Å². The number of aryl methyl sites for hydroxylation is 1. The summed E-state index contributed by atoms with van der Waals surface area (Å²) >= 11 is 0. The van der Waals surface area contributed by atoms with E-state index in [1.54, 1.807) is 11.0 Å². The van der Waals surface area contributed by atoms with Gasteiger partial charge in [0.2, 0.25) is 5.95 Å². The summed E-state index contributed by atoms with van der Waals surface area (Å²) in [5, 5.41) is 7.93. The van der Waals surface area contributed by atoms with Crippen LogP contribution in [0.4, 0.5) is 17.3 Å². The number of hydrogen-bond acceptors (Lipinski definition) is 6. The SMILES string of the molecule is BC1(N2CCN(c3cc(C)cc(Nc4ncn(-c5ccccc5)n4)c3)CC2)COC1. The maximum atomic E-state index is 5.44. The van der Waals surface area contributed by atoms with Crippen molar-refractivity contribution in [2.75, 3.05) is 49.6 Å². The van der Waals surface area contributed by atoms with E-state index in [0.717, 1.165) is 50.8 Å². The number of benzene rings is 2. The van der Waals surface area contributed by atoms with Crippen molar-refractivity contribution in [3.8, 4) is 5.69 Å². The van der Waals surface area contributed by atoms with Gasteiger partial charge in [0.15, 0.2) is 0 Å². The second-order valence-electron chi connectivity index (χ2n) is 8.49. The minimum absolute atomic E-state index is 0.231. The number of anilines is 3. The molecule has 0 saturated carbocycles. The van der Waals surface area contributed by atoms with Crippen LogP contribution in [0, 0.1) is 6.92 Å². The topological polar surface area (TPSA) is 58.5 Å². The van der Waals surface area contributed by atoms with Gasteiger partial charge in [0, 0.05) is 43.0 Å². The number of nitrogens with one attached hydrogen (secondary N) is 1. The standard InChI is InChI=1S/C22H27BN6O/c1-17-11-18(25-21-24-16-29(26-21)19-5-3-2-4-6-19)13-20(12-17)27-7-9-28(10-8-27)22(23)14-30-15-22/h2-6,11-13,16H,7-10,14-15,23H2,1H3,(H,25,26). The molecule has 0 radical (unpaired) electrons. The first-order valence-corrected chi connectivity index (χ1v) is 10.5. The molecule has 1 aromatic heterocycles. The van der Waals surface area contributed by atoms with Crippen molar-refractivity contribution in [3.05, 3.63) is 60.4 Å². The van der Waals surface area contributed by atoms with Crippen LogP contribution in [0.5, 0.6) is 0 Å². The Morgan fingerprint density at radius 3 is 2.47 bits per heavy atom. The Morgan fingerprint density at radius 2 is 1.77 bits per heavy atom. The average molecular weight is 402 g/mol. The summed E-state index contributed by atoms with van der Waals surface area (Å²) in [7, 11) is 2.31. The zero-order chi connectivity index (χ0) is 20.6. The van der Waals surface area contributed by atoms with E-state index < -0.39 is 0 Å². The molecule has 0 atom stereocenters. The van der Waals surface area contributed by atoms with Crippen LogP contribution in [0.2, 0.25) is 0 Å². The minimum atomic E-state index is 0.231. The number of hydrogen-bond donors (Lipinski definition) is 1. The minimum Gasteiger partial charge on any atom is -0.379 e. The maximum Gasteiger partial charge on any atom is 0.246 e. The molecule has 2 aromatic carbocycles. The van der Waals surface area contributed by atoms with E-state index in [-0.39, 0.29) is 5.44 Å². The third-order valence-electron chi connectivity index (χ3n) is 6.07. The van der Waals surface area contributed by atoms with Crippen molar-refractivity contribution < 1.29 is 4.74 Å². The van der Waals surface area contributed by atoms with Gasteiger partial charge in [0.25, 0.3) is 0 Å². The largest absolute Gasteiger partial charge is 0.379 e. The van der Waals surface area contributed by atoms with E-state index in [1.807, 2.05) is 30.3 Å². The van der Waals surface area contributed by atoms with Crippen LogP contribution in [-0.2, 0) is 4.74 Å². The second-order valence-corrected chi connectivity index (χ2v) is 8.49. The number of aromatic nitrogens is 3. The normalized spacial score (nSPS) is 18.8. The molecule has 3 aromatic rings. The molecular weight excluding hydrogens is 375 g/mol. The zero-order valence-electron chi connectivity index (χ0n) is 17.6. The van der Waals surface area contributed by atoms with E-state index in [9.17, 15) is 0 Å². The Morgan fingerprint density at radius 1 is 1.00 bits per heavy atom. The summed E-state index contributed by atoms with van der Waals surface area (Å²) in [5.41, 5.74) is 4.70. The van der Waals surface area contributed by atoms with Gasteiger partial charge in [-0.2, -0.15) is 4.98 Å². The van der Waals surface area contributed by atoms with Crippen molar-refractivity contribution in [1.29, 1.82) is 0 Å². The molecule has 30 heavy (non-hydrogen) atoms. The molecule has 5 rings (SSSR count). The Balaban J connectivity index is 1.28. The quantitative estimate of drug-likeness (QED) is 0.657. The average Bonchev–Trinajstić information content (AvgIpc) is 3.21. The van der Waals surface area contributed by atoms with Crippen molar-refractivity contribution in [1.82, 2.24) is 19.7 Å². The summed E-state index contributed by atoms with van der Waals surface area (Å²) in [4.78, 5) is 9.46. The monoisotopic (exact) mass is 402 g/mol. The molecule has 0 unspecified atom stereocenters. The fourth-order valence-electron chi connectivity index (χ4n) is 4.26. The van der Waals surface area contributed by atoms with Crippen LogP contribution in [0.15, 0.2) is 54.9 Å². The molecule has 2 aliphatic rings. The first kappa shape index (κ1) is 19.1. The molecule has 2 fully saturated rings. The molecule has 0 spiro atoms. The molecule has 154 valence electrons. The van der Waals surface area contributed by atoms with Crippen LogP contribution in [0.1, 0.15) is 5.56 Å². The highest BCUT2D eigenvalue weighted by molar-refractivity contribution is 6.16. The molecule has 8 heteroatoms. The highest BCUT2D eigenvalue weighted by atomic mass is 16.5. The Bertz CT molecular complexity index is 1010. The number of piperazine rings is 1. The second kappa shape index (κ2) is 7.77. The Labute approximate surface area is 178 Å². The predicted octanol–water partition coefficient (Wildman–Crippen LogP) is 1.80. The third-order valence-corrected chi connectivity index (χ3v) is 6.07. The van der Waals surface area contributed by atoms with Crippen LogP contribution in [0.25, 0.3) is 5.69 Å². The smallest absolute Gasteiger partial charge is 0.246 e. The van der Waals surface area contributed by atoms with Crippen LogP contribution < -0.4 is 10.2 Å². The van der Waals surface area contributed by atoms with Gasteiger partial charge >= 0.3 is 0 Å². The van der Waals surface area contributed by atoms with Gasteiger partial charge in [-0.3, -0.25) is 4.90 Å². The fourth-order valence-corrected chi connectivity index (χ4v) is 4.26.